The fourth-order valence-electron chi connectivity index (χ4n) is 2.02. The zero-order chi connectivity index (χ0) is 15.1. The molecule has 2 N–H and O–H groups in total. The normalized spacial score (nSPS) is 11.9. The molecule has 0 radical (unpaired) electrons. The number of rotatable bonds is 6. The highest BCUT2D eigenvalue weighted by Gasteiger charge is 2.06. The van der Waals surface area contributed by atoms with Gasteiger partial charge in [-0.2, -0.15) is 5.26 Å². The van der Waals surface area contributed by atoms with Crippen LogP contribution in [-0.4, -0.2) is 18.2 Å². The van der Waals surface area contributed by atoms with Crippen LogP contribution in [0, 0.1) is 17.1 Å². The largest absolute Gasteiger partial charge is 0.387 e. The van der Waals surface area contributed by atoms with Crippen molar-refractivity contribution in [2.75, 3.05) is 13.1 Å². The van der Waals surface area contributed by atoms with E-state index in [0.717, 1.165) is 17.5 Å². The summed E-state index contributed by atoms with van der Waals surface area (Å²) in [5.41, 5.74) is 2.41. The number of nitriles is 1. The summed E-state index contributed by atoms with van der Waals surface area (Å²) >= 11 is 0. The van der Waals surface area contributed by atoms with Crippen molar-refractivity contribution >= 4 is 0 Å². The van der Waals surface area contributed by atoms with Gasteiger partial charge < -0.3 is 10.4 Å². The van der Waals surface area contributed by atoms with Gasteiger partial charge in [0.25, 0.3) is 0 Å². The third-order valence-electron chi connectivity index (χ3n) is 3.27. The van der Waals surface area contributed by atoms with Gasteiger partial charge in [0.15, 0.2) is 0 Å². The number of aliphatic hydroxyl groups excluding tert-OH is 1. The minimum absolute atomic E-state index is 0.233. The van der Waals surface area contributed by atoms with Gasteiger partial charge in [0.2, 0.25) is 0 Å². The van der Waals surface area contributed by atoms with E-state index in [1.54, 1.807) is 36.4 Å². The number of nitrogens with zero attached hydrogens (tertiary/aromatic N) is 1. The summed E-state index contributed by atoms with van der Waals surface area (Å²) in [6.45, 7) is 1.14. The topological polar surface area (TPSA) is 56.0 Å². The third-order valence-corrected chi connectivity index (χ3v) is 3.27. The van der Waals surface area contributed by atoms with E-state index in [9.17, 15) is 9.50 Å². The van der Waals surface area contributed by atoms with Crippen LogP contribution >= 0.6 is 0 Å². The van der Waals surface area contributed by atoms with Crippen LogP contribution in [0.4, 0.5) is 4.39 Å². The van der Waals surface area contributed by atoms with Crippen molar-refractivity contribution in [2.24, 2.45) is 0 Å². The van der Waals surface area contributed by atoms with Crippen LogP contribution in [0.15, 0.2) is 48.5 Å². The van der Waals surface area contributed by atoms with Gasteiger partial charge >= 0.3 is 0 Å². The fourth-order valence-corrected chi connectivity index (χ4v) is 2.02. The molecular weight excluding hydrogens is 267 g/mol. The molecule has 0 aliphatic heterocycles. The van der Waals surface area contributed by atoms with Gasteiger partial charge in [-0.3, -0.25) is 0 Å². The third kappa shape index (κ3) is 4.67. The minimum atomic E-state index is -0.606. The number of hydrogen-bond acceptors (Lipinski definition) is 3. The fraction of sp³-hybridized carbons (Fsp3) is 0.235. The molecule has 1 unspecified atom stereocenters. The molecule has 0 aliphatic rings. The molecular formula is C17H17FN2O. The first-order valence-corrected chi connectivity index (χ1v) is 6.82. The Balaban J connectivity index is 1.75. The number of halogens is 1. The Morgan fingerprint density at radius 2 is 1.76 bits per heavy atom. The maximum absolute atomic E-state index is 12.8. The zero-order valence-corrected chi connectivity index (χ0v) is 11.6. The van der Waals surface area contributed by atoms with Gasteiger partial charge in [-0.15, -0.1) is 0 Å². The monoisotopic (exact) mass is 284 g/mol. The number of hydrogen-bond donors (Lipinski definition) is 2. The predicted octanol–water partition coefficient (Wildman–Crippen LogP) is 2.56. The average molecular weight is 284 g/mol. The summed E-state index contributed by atoms with van der Waals surface area (Å²) in [5, 5.41) is 21.9. The lowest BCUT2D eigenvalue weighted by atomic mass is 10.1. The first kappa shape index (κ1) is 15.2. The summed E-state index contributed by atoms with van der Waals surface area (Å²) in [6, 6.07) is 15.3. The lowest BCUT2D eigenvalue weighted by Gasteiger charge is -2.12. The van der Waals surface area contributed by atoms with Gasteiger partial charge in [-0.25, -0.2) is 4.39 Å². The van der Waals surface area contributed by atoms with Crippen LogP contribution in [0.5, 0.6) is 0 Å². The molecule has 0 aliphatic carbocycles. The van der Waals surface area contributed by atoms with Crippen LogP contribution in [-0.2, 0) is 6.42 Å². The van der Waals surface area contributed by atoms with Gasteiger partial charge in [-0.05, 0) is 48.4 Å². The van der Waals surface area contributed by atoms with E-state index in [1.165, 1.54) is 12.1 Å². The number of nitrogens with one attached hydrogen (secondary N) is 1. The number of benzene rings is 2. The molecule has 2 aromatic rings. The highest BCUT2D eigenvalue weighted by Crippen LogP contribution is 2.12. The van der Waals surface area contributed by atoms with Crippen LogP contribution in [0.2, 0.25) is 0 Å². The highest BCUT2D eigenvalue weighted by molar-refractivity contribution is 5.32. The summed E-state index contributed by atoms with van der Waals surface area (Å²) in [6.07, 6.45) is 0.173. The van der Waals surface area contributed by atoms with E-state index in [1.807, 2.05) is 6.07 Å². The van der Waals surface area contributed by atoms with Crippen molar-refractivity contribution < 1.29 is 9.50 Å². The molecule has 0 bridgehead atoms. The Morgan fingerprint density at radius 1 is 1.10 bits per heavy atom. The highest BCUT2D eigenvalue weighted by atomic mass is 19.1. The van der Waals surface area contributed by atoms with Crippen molar-refractivity contribution in [3.63, 3.8) is 0 Å². The smallest absolute Gasteiger partial charge is 0.123 e. The van der Waals surface area contributed by atoms with Crippen molar-refractivity contribution in [2.45, 2.75) is 12.5 Å². The van der Waals surface area contributed by atoms with Gasteiger partial charge in [0, 0.05) is 6.54 Å². The molecule has 0 amide bonds. The average Bonchev–Trinajstić information content (AvgIpc) is 2.53. The quantitative estimate of drug-likeness (QED) is 0.802. The molecule has 1 atom stereocenters. The van der Waals surface area contributed by atoms with Crippen LogP contribution < -0.4 is 5.32 Å². The summed E-state index contributed by atoms with van der Waals surface area (Å²) in [5.74, 6) is -0.233. The molecule has 108 valence electrons. The summed E-state index contributed by atoms with van der Waals surface area (Å²) in [7, 11) is 0. The lowest BCUT2D eigenvalue weighted by Crippen LogP contribution is -2.23. The molecule has 0 heterocycles. The number of aliphatic hydroxyl groups is 1. The molecule has 2 aromatic carbocycles. The van der Waals surface area contributed by atoms with Crippen LogP contribution in [0.1, 0.15) is 22.8 Å². The van der Waals surface area contributed by atoms with Crippen molar-refractivity contribution in [1.29, 1.82) is 5.26 Å². The molecule has 21 heavy (non-hydrogen) atoms. The van der Waals surface area contributed by atoms with Gasteiger partial charge in [-0.1, -0.05) is 24.3 Å². The second-order valence-electron chi connectivity index (χ2n) is 4.83. The molecule has 0 saturated carbocycles. The second kappa shape index (κ2) is 7.53. The minimum Gasteiger partial charge on any atom is -0.387 e. The van der Waals surface area contributed by atoms with Gasteiger partial charge in [0.1, 0.15) is 5.82 Å². The molecule has 0 aromatic heterocycles. The molecule has 3 nitrogen and oxygen atoms in total. The van der Waals surface area contributed by atoms with E-state index in [4.69, 9.17) is 5.26 Å². The first-order valence-electron chi connectivity index (χ1n) is 6.82. The summed E-state index contributed by atoms with van der Waals surface area (Å²) in [4.78, 5) is 0. The standard InChI is InChI=1S/C17H17FN2O/c18-16-7-3-13(4-8-16)9-10-20-12-17(21)15-5-1-14(11-19)2-6-15/h1-8,17,20-21H,9-10,12H2. The predicted molar refractivity (Wildman–Crippen MR) is 79.1 cm³/mol. The van der Waals surface area contributed by atoms with Crippen molar-refractivity contribution in [1.82, 2.24) is 5.32 Å². The Bertz CT molecular complexity index is 602. The molecule has 2 rings (SSSR count). The van der Waals surface area contributed by atoms with E-state index in [0.29, 0.717) is 18.7 Å². The molecule has 0 spiro atoms. The van der Waals surface area contributed by atoms with Crippen molar-refractivity contribution in [3.8, 4) is 6.07 Å². The lowest BCUT2D eigenvalue weighted by molar-refractivity contribution is 0.175. The first-order chi connectivity index (χ1) is 10.2. The maximum atomic E-state index is 12.8. The van der Waals surface area contributed by atoms with E-state index in [-0.39, 0.29) is 5.82 Å². The van der Waals surface area contributed by atoms with Crippen molar-refractivity contribution in [3.05, 3.63) is 71.0 Å². The molecule has 4 heteroatoms. The van der Waals surface area contributed by atoms with E-state index >= 15 is 0 Å². The Morgan fingerprint density at radius 3 is 2.38 bits per heavy atom. The van der Waals surface area contributed by atoms with E-state index < -0.39 is 6.10 Å². The Labute approximate surface area is 123 Å². The Hall–Kier alpha value is -2.22. The van der Waals surface area contributed by atoms with E-state index in [2.05, 4.69) is 5.32 Å². The van der Waals surface area contributed by atoms with Crippen LogP contribution in [0.3, 0.4) is 0 Å². The maximum Gasteiger partial charge on any atom is 0.123 e. The van der Waals surface area contributed by atoms with Gasteiger partial charge in [0.05, 0.1) is 17.7 Å². The second-order valence-corrected chi connectivity index (χ2v) is 4.83. The molecule has 0 saturated heterocycles. The zero-order valence-electron chi connectivity index (χ0n) is 11.6. The summed E-state index contributed by atoms with van der Waals surface area (Å²) < 4.78 is 12.8. The molecule has 0 fully saturated rings. The Kier molecular flexibility index (Phi) is 5.44. The van der Waals surface area contributed by atoms with Crippen LogP contribution in [0.25, 0.3) is 0 Å². The SMILES string of the molecule is N#Cc1ccc(C(O)CNCCc2ccc(F)cc2)cc1.